The molecule has 7 heteroatoms. The third-order valence-electron chi connectivity index (χ3n) is 3.22. The second-order valence-electron chi connectivity index (χ2n) is 4.69. The molecule has 0 unspecified atom stereocenters. The van der Waals surface area contributed by atoms with E-state index < -0.39 is 5.97 Å². The molecule has 1 aromatic heterocycles. The molecule has 0 bridgehead atoms. The monoisotopic (exact) mass is 308 g/mol. The standard InChI is InChI=1S/C14H13FN2O3S/c15-10-5-3-9(4-6-10)12-13(21-17-16-12)14(18)20-8-11-2-1-7-19-11/h3-6,11H,1-2,7-8H2/t11-/m0/s1. The van der Waals surface area contributed by atoms with Crippen molar-refractivity contribution < 1.29 is 18.7 Å². The van der Waals surface area contributed by atoms with Crippen molar-refractivity contribution in [2.75, 3.05) is 13.2 Å². The highest BCUT2D eigenvalue weighted by molar-refractivity contribution is 7.08. The Labute approximate surface area is 124 Å². The fourth-order valence-electron chi connectivity index (χ4n) is 2.13. The van der Waals surface area contributed by atoms with E-state index in [2.05, 4.69) is 9.59 Å². The van der Waals surface area contributed by atoms with E-state index >= 15 is 0 Å². The van der Waals surface area contributed by atoms with E-state index in [1.165, 1.54) is 12.1 Å². The van der Waals surface area contributed by atoms with Gasteiger partial charge in [-0.05, 0) is 48.6 Å². The zero-order valence-corrected chi connectivity index (χ0v) is 11.9. The van der Waals surface area contributed by atoms with Gasteiger partial charge in [0, 0.05) is 12.2 Å². The average molecular weight is 308 g/mol. The minimum Gasteiger partial charge on any atom is -0.459 e. The van der Waals surface area contributed by atoms with E-state index in [4.69, 9.17) is 9.47 Å². The zero-order chi connectivity index (χ0) is 14.7. The first-order valence-electron chi connectivity index (χ1n) is 6.61. The molecule has 0 saturated carbocycles. The maximum Gasteiger partial charge on any atom is 0.352 e. The number of nitrogens with zero attached hydrogens (tertiary/aromatic N) is 2. The van der Waals surface area contributed by atoms with Crippen molar-refractivity contribution in [2.24, 2.45) is 0 Å². The number of carbonyl (C=O) groups is 1. The number of carbonyl (C=O) groups excluding carboxylic acids is 1. The van der Waals surface area contributed by atoms with Gasteiger partial charge in [-0.15, -0.1) is 5.10 Å². The van der Waals surface area contributed by atoms with E-state index in [1.807, 2.05) is 0 Å². The number of aromatic nitrogens is 2. The van der Waals surface area contributed by atoms with Gasteiger partial charge >= 0.3 is 5.97 Å². The van der Waals surface area contributed by atoms with Gasteiger partial charge in [0.15, 0.2) is 4.88 Å². The van der Waals surface area contributed by atoms with E-state index in [0.717, 1.165) is 24.4 Å². The van der Waals surface area contributed by atoms with Crippen LogP contribution in [-0.2, 0) is 9.47 Å². The van der Waals surface area contributed by atoms with E-state index in [9.17, 15) is 9.18 Å². The van der Waals surface area contributed by atoms with Crippen molar-refractivity contribution >= 4 is 17.5 Å². The Morgan fingerprint density at radius 1 is 1.43 bits per heavy atom. The van der Waals surface area contributed by atoms with Crippen molar-refractivity contribution in [1.82, 2.24) is 9.59 Å². The lowest BCUT2D eigenvalue weighted by Crippen LogP contribution is -2.17. The first kappa shape index (κ1) is 14.1. The minimum absolute atomic E-state index is 0.0240. The second-order valence-corrected chi connectivity index (χ2v) is 5.45. The largest absolute Gasteiger partial charge is 0.459 e. The fourth-order valence-corrected chi connectivity index (χ4v) is 2.71. The molecule has 1 saturated heterocycles. The number of hydrogen-bond acceptors (Lipinski definition) is 6. The Morgan fingerprint density at radius 3 is 2.95 bits per heavy atom. The van der Waals surface area contributed by atoms with E-state index in [-0.39, 0.29) is 18.5 Å². The Balaban J connectivity index is 1.72. The van der Waals surface area contributed by atoms with Crippen molar-refractivity contribution in [2.45, 2.75) is 18.9 Å². The van der Waals surface area contributed by atoms with Crippen LogP contribution in [0.4, 0.5) is 4.39 Å². The van der Waals surface area contributed by atoms with Gasteiger partial charge in [0.1, 0.15) is 18.1 Å². The van der Waals surface area contributed by atoms with Crippen LogP contribution in [-0.4, -0.2) is 34.9 Å². The van der Waals surface area contributed by atoms with Crippen LogP contribution in [0, 0.1) is 5.82 Å². The maximum atomic E-state index is 12.9. The van der Waals surface area contributed by atoms with Crippen molar-refractivity contribution in [1.29, 1.82) is 0 Å². The van der Waals surface area contributed by atoms with Crippen LogP contribution in [0.2, 0.25) is 0 Å². The summed E-state index contributed by atoms with van der Waals surface area (Å²) < 4.78 is 27.4. The van der Waals surface area contributed by atoms with Gasteiger partial charge < -0.3 is 9.47 Å². The summed E-state index contributed by atoms with van der Waals surface area (Å²) in [5.41, 5.74) is 1.05. The second kappa shape index (κ2) is 6.28. The Hall–Kier alpha value is -1.86. The summed E-state index contributed by atoms with van der Waals surface area (Å²) in [6, 6.07) is 5.75. The molecule has 1 aliphatic heterocycles. The van der Waals surface area contributed by atoms with Gasteiger partial charge in [-0.3, -0.25) is 0 Å². The number of halogens is 1. The predicted octanol–water partition coefficient (Wildman–Crippen LogP) is 2.68. The third kappa shape index (κ3) is 3.25. The molecule has 0 spiro atoms. The van der Waals surface area contributed by atoms with Gasteiger partial charge in [-0.25, -0.2) is 9.18 Å². The number of ether oxygens (including phenoxy) is 2. The molecule has 2 heterocycles. The Morgan fingerprint density at radius 2 is 2.24 bits per heavy atom. The molecule has 1 aromatic carbocycles. The highest BCUT2D eigenvalue weighted by Gasteiger charge is 2.22. The van der Waals surface area contributed by atoms with Crippen molar-refractivity contribution in [3.63, 3.8) is 0 Å². The summed E-state index contributed by atoms with van der Waals surface area (Å²) in [6.45, 7) is 0.949. The first-order valence-corrected chi connectivity index (χ1v) is 7.38. The van der Waals surface area contributed by atoms with Crippen LogP contribution in [0.1, 0.15) is 22.5 Å². The number of benzene rings is 1. The molecular formula is C14H13FN2O3S. The van der Waals surface area contributed by atoms with Crippen LogP contribution < -0.4 is 0 Å². The fraction of sp³-hybridized carbons (Fsp3) is 0.357. The molecule has 3 rings (SSSR count). The van der Waals surface area contributed by atoms with Gasteiger partial charge in [-0.2, -0.15) is 0 Å². The number of hydrogen-bond donors (Lipinski definition) is 0. The smallest absolute Gasteiger partial charge is 0.352 e. The number of rotatable bonds is 4. The van der Waals surface area contributed by atoms with Crippen LogP contribution in [0.5, 0.6) is 0 Å². The lowest BCUT2D eigenvalue weighted by molar-refractivity contribution is 0.0166. The average Bonchev–Trinajstić information content (AvgIpc) is 3.17. The third-order valence-corrected chi connectivity index (χ3v) is 3.92. The molecule has 1 atom stereocenters. The van der Waals surface area contributed by atoms with Gasteiger partial charge in [0.25, 0.3) is 0 Å². The molecule has 21 heavy (non-hydrogen) atoms. The SMILES string of the molecule is O=C(OC[C@@H]1CCCO1)c1snnc1-c1ccc(F)cc1. The zero-order valence-electron chi connectivity index (χ0n) is 11.1. The van der Waals surface area contributed by atoms with Gasteiger partial charge in [-0.1, -0.05) is 4.49 Å². The number of esters is 1. The van der Waals surface area contributed by atoms with Crippen molar-refractivity contribution in [3.05, 3.63) is 35.0 Å². The lowest BCUT2D eigenvalue weighted by atomic mass is 10.1. The minimum atomic E-state index is -0.472. The topological polar surface area (TPSA) is 61.3 Å². The molecule has 1 fully saturated rings. The molecule has 0 aliphatic carbocycles. The summed E-state index contributed by atoms with van der Waals surface area (Å²) in [4.78, 5) is 12.4. The Kier molecular flexibility index (Phi) is 4.21. The summed E-state index contributed by atoms with van der Waals surface area (Å²) in [5, 5.41) is 3.93. The molecule has 110 valence electrons. The summed E-state index contributed by atoms with van der Waals surface area (Å²) in [6.07, 6.45) is 1.87. The highest BCUT2D eigenvalue weighted by Crippen LogP contribution is 2.25. The first-order chi connectivity index (χ1) is 10.2. The quantitative estimate of drug-likeness (QED) is 0.813. The van der Waals surface area contributed by atoms with Crippen LogP contribution in [0.3, 0.4) is 0 Å². The summed E-state index contributed by atoms with van der Waals surface area (Å²) in [5.74, 6) is -0.815. The Bertz CT molecular complexity index is 623. The van der Waals surface area contributed by atoms with Crippen LogP contribution in [0.15, 0.2) is 24.3 Å². The molecule has 5 nitrogen and oxygen atoms in total. The van der Waals surface area contributed by atoms with Gasteiger partial charge in [0.2, 0.25) is 0 Å². The molecule has 0 radical (unpaired) electrons. The maximum absolute atomic E-state index is 12.9. The van der Waals surface area contributed by atoms with Crippen molar-refractivity contribution in [3.8, 4) is 11.3 Å². The molecule has 2 aromatic rings. The molecule has 1 aliphatic rings. The molecule has 0 N–H and O–H groups in total. The van der Waals surface area contributed by atoms with E-state index in [1.54, 1.807) is 12.1 Å². The molecule has 0 amide bonds. The van der Waals surface area contributed by atoms with Crippen LogP contribution >= 0.6 is 11.5 Å². The molecular weight excluding hydrogens is 295 g/mol. The lowest BCUT2D eigenvalue weighted by Gasteiger charge is -2.09. The van der Waals surface area contributed by atoms with Crippen LogP contribution in [0.25, 0.3) is 11.3 Å². The highest BCUT2D eigenvalue weighted by atomic mass is 32.1. The van der Waals surface area contributed by atoms with Gasteiger partial charge in [0.05, 0.1) is 6.10 Å². The summed E-state index contributed by atoms with van der Waals surface area (Å²) in [7, 11) is 0. The van der Waals surface area contributed by atoms with E-state index in [0.29, 0.717) is 22.7 Å². The normalized spacial score (nSPS) is 17.9. The predicted molar refractivity (Wildman–Crippen MR) is 74.6 cm³/mol. The summed E-state index contributed by atoms with van der Waals surface area (Å²) >= 11 is 0.969.